The van der Waals surface area contributed by atoms with Crippen LogP contribution in [0.3, 0.4) is 0 Å². The molecule has 0 aromatic heterocycles. The summed E-state index contributed by atoms with van der Waals surface area (Å²) in [5.41, 5.74) is -0.434. The van der Waals surface area contributed by atoms with Crippen molar-refractivity contribution in [3.8, 4) is 0 Å². The summed E-state index contributed by atoms with van der Waals surface area (Å²) >= 11 is 0. The predicted molar refractivity (Wildman–Crippen MR) is 44.8 cm³/mol. The molecular weight excluding hydrogens is 140 g/mol. The van der Waals surface area contributed by atoms with Gasteiger partial charge < -0.3 is 4.43 Å². The standard InChI is InChI=1S/C8H13OSi/c1-5-8(6-2,9-10)7(3)4/h5-7H,1-2H2,3-4H3. The average molecular weight is 153 g/mol. The zero-order valence-electron chi connectivity index (χ0n) is 6.55. The van der Waals surface area contributed by atoms with Crippen LogP contribution in [0.2, 0.25) is 0 Å². The van der Waals surface area contributed by atoms with Gasteiger partial charge in [-0.05, 0) is 5.92 Å². The molecule has 0 N–H and O–H groups in total. The second kappa shape index (κ2) is 3.74. The minimum Gasteiger partial charge on any atom is -0.406 e. The van der Waals surface area contributed by atoms with E-state index in [2.05, 4.69) is 23.6 Å². The van der Waals surface area contributed by atoms with Crippen LogP contribution < -0.4 is 0 Å². The van der Waals surface area contributed by atoms with Crippen molar-refractivity contribution in [1.29, 1.82) is 0 Å². The lowest BCUT2D eigenvalue weighted by Gasteiger charge is -2.29. The van der Waals surface area contributed by atoms with Crippen LogP contribution in [0.1, 0.15) is 13.8 Å². The minimum atomic E-state index is -0.434. The van der Waals surface area contributed by atoms with Crippen molar-refractivity contribution in [2.24, 2.45) is 5.92 Å². The van der Waals surface area contributed by atoms with Crippen LogP contribution in [0.5, 0.6) is 0 Å². The molecule has 0 bridgehead atoms. The summed E-state index contributed by atoms with van der Waals surface area (Å²) in [5, 5.41) is 0. The van der Waals surface area contributed by atoms with Crippen LogP contribution in [0.15, 0.2) is 25.3 Å². The van der Waals surface area contributed by atoms with Crippen molar-refractivity contribution in [3.05, 3.63) is 25.3 Å². The molecule has 2 heteroatoms. The van der Waals surface area contributed by atoms with E-state index in [0.717, 1.165) is 0 Å². The maximum absolute atomic E-state index is 5.07. The molecule has 55 valence electrons. The molecule has 0 heterocycles. The smallest absolute Gasteiger partial charge is 0.247 e. The van der Waals surface area contributed by atoms with Gasteiger partial charge in [0.1, 0.15) is 0 Å². The van der Waals surface area contributed by atoms with Gasteiger partial charge in [-0.2, -0.15) is 0 Å². The number of hydrogen-bond acceptors (Lipinski definition) is 1. The molecule has 0 aromatic carbocycles. The SMILES string of the molecule is C=CC(C=C)(O[Si])C(C)C. The van der Waals surface area contributed by atoms with Gasteiger partial charge in [0.15, 0.2) is 0 Å². The van der Waals surface area contributed by atoms with E-state index < -0.39 is 5.60 Å². The van der Waals surface area contributed by atoms with E-state index in [1.54, 1.807) is 12.2 Å². The van der Waals surface area contributed by atoms with E-state index in [1.165, 1.54) is 0 Å². The Morgan fingerprint density at radius 2 is 1.80 bits per heavy atom. The Morgan fingerprint density at radius 1 is 1.40 bits per heavy atom. The summed E-state index contributed by atoms with van der Waals surface area (Å²) in [4.78, 5) is 0. The van der Waals surface area contributed by atoms with Gasteiger partial charge in [0.2, 0.25) is 10.5 Å². The van der Waals surface area contributed by atoms with Crippen LogP contribution in [-0.2, 0) is 4.43 Å². The Balaban J connectivity index is 4.45. The monoisotopic (exact) mass is 153 g/mol. The Labute approximate surface area is 66.3 Å². The van der Waals surface area contributed by atoms with Crippen LogP contribution in [0.4, 0.5) is 0 Å². The average Bonchev–Trinajstić information content (AvgIpc) is 1.92. The van der Waals surface area contributed by atoms with Gasteiger partial charge in [-0.15, -0.1) is 0 Å². The van der Waals surface area contributed by atoms with Crippen LogP contribution in [0.25, 0.3) is 0 Å². The molecule has 1 nitrogen and oxygen atoms in total. The fraction of sp³-hybridized carbons (Fsp3) is 0.500. The van der Waals surface area contributed by atoms with E-state index >= 15 is 0 Å². The number of rotatable bonds is 4. The fourth-order valence-corrected chi connectivity index (χ4v) is 1.16. The first-order valence-corrected chi connectivity index (χ1v) is 3.65. The molecule has 0 atom stereocenters. The molecular formula is C8H13OSi. The topological polar surface area (TPSA) is 9.23 Å². The molecule has 0 saturated heterocycles. The zero-order chi connectivity index (χ0) is 8.20. The van der Waals surface area contributed by atoms with Gasteiger partial charge in [0.05, 0.1) is 5.60 Å². The van der Waals surface area contributed by atoms with Crippen LogP contribution in [0, 0.1) is 5.92 Å². The molecule has 0 fully saturated rings. The Morgan fingerprint density at radius 3 is 1.80 bits per heavy atom. The first-order chi connectivity index (χ1) is 4.63. The minimum absolute atomic E-state index is 0.333. The molecule has 10 heavy (non-hydrogen) atoms. The summed E-state index contributed by atoms with van der Waals surface area (Å²) in [6, 6.07) is 0. The van der Waals surface area contributed by atoms with E-state index in [-0.39, 0.29) is 0 Å². The maximum atomic E-state index is 5.07. The quantitative estimate of drug-likeness (QED) is 0.442. The third-order valence-electron chi connectivity index (χ3n) is 1.72. The lowest BCUT2D eigenvalue weighted by Crippen LogP contribution is -2.32. The Kier molecular flexibility index (Phi) is 3.61. The third-order valence-corrected chi connectivity index (χ3v) is 2.07. The summed E-state index contributed by atoms with van der Waals surface area (Å²) < 4.78 is 5.07. The molecule has 0 saturated carbocycles. The highest BCUT2D eigenvalue weighted by molar-refractivity contribution is 5.98. The molecule has 0 aromatic rings. The lowest BCUT2D eigenvalue weighted by atomic mass is 9.91. The zero-order valence-corrected chi connectivity index (χ0v) is 7.55. The first-order valence-electron chi connectivity index (χ1n) is 3.25. The Bertz CT molecular complexity index is 121. The highest BCUT2D eigenvalue weighted by Crippen LogP contribution is 2.22. The van der Waals surface area contributed by atoms with Crippen molar-refractivity contribution in [1.82, 2.24) is 0 Å². The van der Waals surface area contributed by atoms with Crippen molar-refractivity contribution in [3.63, 3.8) is 0 Å². The summed E-state index contributed by atoms with van der Waals surface area (Å²) in [6.07, 6.45) is 3.47. The summed E-state index contributed by atoms with van der Waals surface area (Å²) in [5.74, 6) is 0.333. The molecule has 0 unspecified atom stereocenters. The van der Waals surface area contributed by atoms with Gasteiger partial charge in [0, 0.05) is 0 Å². The normalized spacial score (nSPS) is 11.6. The van der Waals surface area contributed by atoms with Gasteiger partial charge >= 0.3 is 0 Å². The molecule has 0 aliphatic heterocycles. The van der Waals surface area contributed by atoms with Gasteiger partial charge in [-0.25, -0.2) is 0 Å². The van der Waals surface area contributed by atoms with Crippen molar-refractivity contribution >= 4 is 10.5 Å². The van der Waals surface area contributed by atoms with Crippen molar-refractivity contribution < 1.29 is 4.43 Å². The third kappa shape index (κ3) is 1.58. The lowest BCUT2D eigenvalue weighted by molar-refractivity contribution is 0.134. The van der Waals surface area contributed by atoms with Gasteiger partial charge in [0.25, 0.3) is 0 Å². The molecule has 0 spiro atoms. The maximum Gasteiger partial charge on any atom is 0.247 e. The van der Waals surface area contributed by atoms with E-state index in [1.807, 2.05) is 13.8 Å². The molecule has 3 radical (unpaired) electrons. The van der Waals surface area contributed by atoms with Gasteiger partial charge in [-0.1, -0.05) is 39.2 Å². The second-order valence-electron chi connectivity index (χ2n) is 2.52. The van der Waals surface area contributed by atoms with E-state index in [4.69, 9.17) is 4.43 Å². The van der Waals surface area contributed by atoms with Crippen LogP contribution >= 0.6 is 0 Å². The molecule has 0 rings (SSSR count). The van der Waals surface area contributed by atoms with Crippen LogP contribution in [-0.4, -0.2) is 16.1 Å². The number of hydrogen-bond donors (Lipinski definition) is 0. The highest BCUT2D eigenvalue weighted by Gasteiger charge is 2.25. The van der Waals surface area contributed by atoms with Crippen molar-refractivity contribution in [2.75, 3.05) is 0 Å². The fourth-order valence-electron chi connectivity index (χ4n) is 0.756. The first kappa shape index (κ1) is 9.66. The summed E-state index contributed by atoms with van der Waals surface area (Å²) in [6.45, 7) is 11.4. The van der Waals surface area contributed by atoms with E-state index in [9.17, 15) is 0 Å². The van der Waals surface area contributed by atoms with E-state index in [0.29, 0.717) is 5.92 Å². The second-order valence-corrected chi connectivity index (χ2v) is 2.72. The Hall–Kier alpha value is -0.343. The van der Waals surface area contributed by atoms with Gasteiger partial charge in [-0.3, -0.25) is 0 Å². The predicted octanol–water partition coefficient (Wildman–Crippen LogP) is 1.85. The largest absolute Gasteiger partial charge is 0.406 e. The summed E-state index contributed by atoms with van der Waals surface area (Å²) in [7, 11) is 3.00. The van der Waals surface area contributed by atoms with Crippen molar-refractivity contribution in [2.45, 2.75) is 19.4 Å². The molecule has 0 amide bonds. The molecule has 0 aliphatic rings. The molecule has 0 aliphatic carbocycles. The highest BCUT2D eigenvalue weighted by atomic mass is 28.2.